The second-order valence-electron chi connectivity index (χ2n) is 4.14. The summed E-state index contributed by atoms with van der Waals surface area (Å²) in [4.78, 5) is 11.4. The smallest absolute Gasteiger partial charge is 0.246 e. The number of hydrogen-bond acceptors (Lipinski definition) is 5. The highest BCUT2D eigenvalue weighted by molar-refractivity contribution is 5.77. The van der Waals surface area contributed by atoms with Crippen molar-refractivity contribution in [2.24, 2.45) is 5.73 Å². The molecule has 1 amide bonds. The number of carbonyl (C=O) groups excluding carboxylic acids is 1. The number of benzene rings is 1. The first-order valence-electron chi connectivity index (χ1n) is 6.22. The number of amides is 1. The van der Waals surface area contributed by atoms with E-state index in [0.717, 1.165) is 5.75 Å². The maximum absolute atomic E-state index is 11.4. The molecule has 0 bridgehead atoms. The van der Waals surface area contributed by atoms with Gasteiger partial charge in [-0.2, -0.15) is 0 Å². The topological polar surface area (TPSA) is 82.8 Å². The summed E-state index contributed by atoms with van der Waals surface area (Å²) in [5.74, 6) is 1.25. The van der Waals surface area contributed by atoms with Gasteiger partial charge in [-0.3, -0.25) is 4.79 Å². The third-order valence-corrected chi connectivity index (χ3v) is 2.59. The lowest BCUT2D eigenvalue weighted by Crippen LogP contribution is -2.41. The lowest BCUT2D eigenvalue weighted by Gasteiger charge is -2.26. The summed E-state index contributed by atoms with van der Waals surface area (Å²) in [5, 5.41) is 2.73. The fraction of sp³-hybridized carbons (Fsp3) is 0.462. The second-order valence-corrected chi connectivity index (χ2v) is 4.14. The molecule has 0 spiro atoms. The summed E-state index contributed by atoms with van der Waals surface area (Å²) in [6, 6.07) is 7.46. The van der Waals surface area contributed by atoms with Crippen LogP contribution in [0.3, 0.4) is 0 Å². The molecule has 0 aromatic heterocycles. The van der Waals surface area contributed by atoms with Crippen molar-refractivity contribution >= 4 is 5.91 Å². The van der Waals surface area contributed by atoms with Gasteiger partial charge in [0.05, 0.1) is 13.2 Å². The largest absolute Gasteiger partial charge is 0.486 e. The van der Waals surface area contributed by atoms with E-state index in [2.05, 4.69) is 5.32 Å². The lowest BCUT2D eigenvalue weighted by molar-refractivity contribution is -0.126. The maximum atomic E-state index is 11.4. The van der Waals surface area contributed by atoms with Gasteiger partial charge >= 0.3 is 0 Å². The van der Waals surface area contributed by atoms with Gasteiger partial charge in [-0.1, -0.05) is 12.1 Å². The van der Waals surface area contributed by atoms with E-state index in [0.29, 0.717) is 32.1 Å². The normalized spacial score (nSPS) is 17.0. The highest BCUT2D eigenvalue weighted by atomic mass is 16.6. The number of ether oxygens (including phenoxy) is 3. The minimum absolute atomic E-state index is 0.0152. The van der Waals surface area contributed by atoms with E-state index in [-0.39, 0.29) is 18.6 Å². The molecule has 1 aromatic rings. The van der Waals surface area contributed by atoms with Gasteiger partial charge in [-0.25, -0.2) is 0 Å². The number of hydrogen-bond donors (Lipinski definition) is 2. The standard InChI is InChI=1S/C13H18N2O4/c14-5-6-17-9-13(16)15-7-10-8-18-11-3-1-2-4-12(11)19-10/h1-4,10H,5-9,14H2,(H,15,16). The Morgan fingerprint density at radius 2 is 2.21 bits per heavy atom. The van der Waals surface area contributed by atoms with E-state index in [1.54, 1.807) is 0 Å². The van der Waals surface area contributed by atoms with Gasteiger partial charge in [0.25, 0.3) is 0 Å². The Kier molecular flexibility index (Phi) is 5.00. The maximum Gasteiger partial charge on any atom is 0.246 e. The molecule has 0 fully saturated rings. The summed E-state index contributed by atoms with van der Waals surface area (Å²) in [6.07, 6.45) is -0.187. The minimum atomic E-state index is -0.187. The molecule has 6 nitrogen and oxygen atoms in total. The SMILES string of the molecule is NCCOCC(=O)NCC1COc2ccccc2O1. The van der Waals surface area contributed by atoms with Crippen LogP contribution in [0.5, 0.6) is 11.5 Å². The molecule has 104 valence electrons. The predicted octanol–water partition coefficient (Wildman–Crippen LogP) is -0.0821. The van der Waals surface area contributed by atoms with E-state index in [4.69, 9.17) is 19.9 Å². The van der Waals surface area contributed by atoms with Crippen molar-refractivity contribution < 1.29 is 19.0 Å². The zero-order valence-electron chi connectivity index (χ0n) is 10.6. The average Bonchev–Trinajstić information content (AvgIpc) is 2.45. The van der Waals surface area contributed by atoms with Crippen LogP contribution in [0.4, 0.5) is 0 Å². The van der Waals surface area contributed by atoms with Crippen LogP contribution in [0.2, 0.25) is 0 Å². The summed E-state index contributed by atoms with van der Waals surface area (Å²) in [7, 11) is 0. The average molecular weight is 266 g/mol. The number of rotatable bonds is 6. The van der Waals surface area contributed by atoms with Crippen molar-refractivity contribution in [2.75, 3.05) is 32.9 Å². The van der Waals surface area contributed by atoms with Crippen LogP contribution in [0, 0.1) is 0 Å². The molecule has 19 heavy (non-hydrogen) atoms. The Hall–Kier alpha value is -1.79. The van der Waals surface area contributed by atoms with Crippen LogP contribution in [-0.4, -0.2) is 44.9 Å². The Bertz CT molecular complexity index is 425. The van der Waals surface area contributed by atoms with Gasteiger partial charge < -0.3 is 25.3 Å². The van der Waals surface area contributed by atoms with Crippen LogP contribution in [0.1, 0.15) is 0 Å². The van der Waals surface area contributed by atoms with Gasteiger partial charge in [-0.15, -0.1) is 0 Å². The monoisotopic (exact) mass is 266 g/mol. The summed E-state index contributed by atoms with van der Waals surface area (Å²) >= 11 is 0. The van der Waals surface area contributed by atoms with Crippen molar-refractivity contribution in [2.45, 2.75) is 6.10 Å². The fourth-order valence-corrected chi connectivity index (χ4v) is 1.69. The molecule has 1 atom stereocenters. The number of nitrogens with one attached hydrogen (secondary N) is 1. The molecular weight excluding hydrogens is 248 g/mol. The molecule has 2 rings (SSSR count). The third kappa shape index (κ3) is 4.11. The molecule has 0 aliphatic carbocycles. The first-order chi connectivity index (χ1) is 9.29. The van der Waals surface area contributed by atoms with Crippen LogP contribution in [0.25, 0.3) is 0 Å². The van der Waals surface area contributed by atoms with E-state index in [1.165, 1.54) is 0 Å². The van der Waals surface area contributed by atoms with Crippen molar-refractivity contribution in [3.8, 4) is 11.5 Å². The van der Waals surface area contributed by atoms with E-state index in [1.807, 2.05) is 24.3 Å². The number of para-hydroxylation sites is 2. The van der Waals surface area contributed by atoms with Crippen LogP contribution >= 0.6 is 0 Å². The highest BCUT2D eigenvalue weighted by Crippen LogP contribution is 2.30. The molecule has 1 heterocycles. The van der Waals surface area contributed by atoms with Gasteiger partial charge in [0, 0.05) is 6.54 Å². The van der Waals surface area contributed by atoms with Gasteiger partial charge in [0.1, 0.15) is 19.3 Å². The molecule has 1 aromatic carbocycles. The Morgan fingerprint density at radius 3 is 3.00 bits per heavy atom. The van der Waals surface area contributed by atoms with E-state index >= 15 is 0 Å². The van der Waals surface area contributed by atoms with Crippen LogP contribution in [0.15, 0.2) is 24.3 Å². The zero-order valence-corrected chi connectivity index (χ0v) is 10.6. The van der Waals surface area contributed by atoms with E-state index in [9.17, 15) is 4.79 Å². The second kappa shape index (κ2) is 6.96. The van der Waals surface area contributed by atoms with Gasteiger partial charge in [-0.05, 0) is 12.1 Å². The third-order valence-electron chi connectivity index (χ3n) is 2.59. The van der Waals surface area contributed by atoms with Crippen LogP contribution in [-0.2, 0) is 9.53 Å². The molecule has 0 saturated heterocycles. The molecular formula is C13H18N2O4. The number of carbonyl (C=O) groups is 1. The van der Waals surface area contributed by atoms with Crippen LogP contribution < -0.4 is 20.5 Å². The summed E-state index contributed by atoms with van der Waals surface area (Å²) in [6.45, 7) is 1.61. The molecule has 1 aliphatic heterocycles. The Balaban J connectivity index is 1.72. The Morgan fingerprint density at radius 1 is 1.42 bits per heavy atom. The molecule has 1 aliphatic rings. The lowest BCUT2D eigenvalue weighted by atomic mass is 10.2. The van der Waals surface area contributed by atoms with Crippen molar-refractivity contribution in [1.29, 1.82) is 0 Å². The zero-order chi connectivity index (χ0) is 13.5. The minimum Gasteiger partial charge on any atom is -0.486 e. The molecule has 0 saturated carbocycles. The van der Waals surface area contributed by atoms with Crippen molar-refractivity contribution in [3.05, 3.63) is 24.3 Å². The fourth-order valence-electron chi connectivity index (χ4n) is 1.69. The Labute approximate surface area is 111 Å². The number of fused-ring (bicyclic) bond motifs is 1. The quantitative estimate of drug-likeness (QED) is 0.704. The first-order valence-corrected chi connectivity index (χ1v) is 6.22. The summed E-state index contributed by atoms with van der Waals surface area (Å²) in [5.41, 5.74) is 5.26. The highest BCUT2D eigenvalue weighted by Gasteiger charge is 2.20. The number of nitrogens with two attached hydrogens (primary N) is 1. The molecule has 1 unspecified atom stereocenters. The summed E-state index contributed by atoms with van der Waals surface area (Å²) < 4.78 is 16.3. The van der Waals surface area contributed by atoms with Crippen molar-refractivity contribution in [3.63, 3.8) is 0 Å². The first kappa shape index (κ1) is 13.6. The predicted molar refractivity (Wildman–Crippen MR) is 69.2 cm³/mol. The molecule has 0 radical (unpaired) electrons. The molecule has 6 heteroatoms. The van der Waals surface area contributed by atoms with Gasteiger partial charge in [0.15, 0.2) is 11.5 Å². The van der Waals surface area contributed by atoms with Gasteiger partial charge in [0.2, 0.25) is 5.91 Å². The van der Waals surface area contributed by atoms with Crippen molar-refractivity contribution in [1.82, 2.24) is 5.32 Å². The van der Waals surface area contributed by atoms with E-state index < -0.39 is 0 Å². The molecule has 3 N–H and O–H groups in total.